The molecule has 0 saturated carbocycles. The Morgan fingerprint density at radius 3 is 2.50 bits per heavy atom. The van der Waals surface area contributed by atoms with Gasteiger partial charge in [0.1, 0.15) is 0 Å². The molecule has 1 aliphatic carbocycles. The van der Waals surface area contributed by atoms with E-state index in [0.717, 1.165) is 50.4 Å². The Kier molecular flexibility index (Phi) is 6.53. The van der Waals surface area contributed by atoms with E-state index in [-0.39, 0.29) is 5.91 Å². The number of anilines is 1. The number of halogens is 1. The van der Waals surface area contributed by atoms with E-state index in [0.29, 0.717) is 5.02 Å². The van der Waals surface area contributed by atoms with Crippen molar-refractivity contribution in [2.75, 3.05) is 12.4 Å². The van der Waals surface area contributed by atoms with Gasteiger partial charge in [0.25, 0.3) is 0 Å². The van der Waals surface area contributed by atoms with E-state index in [1.165, 1.54) is 6.92 Å². The standard InChI is InChI=1S/C26H25ClN2O/c1-6-18-12-21(23-11-10-19(16(2)3)15-25(23)27)14-24(26(18)28-5)20-8-7-9-22(13-20)29-17(4)30/h6-15H,2H2,1,3-5H3,(H,29,30)/b18-6-,28-26+. The highest BCUT2D eigenvalue weighted by Gasteiger charge is 2.20. The van der Waals surface area contributed by atoms with Crippen molar-refractivity contribution in [1.82, 2.24) is 0 Å². The number of hydrogen-bond acceptors (Lipinski definition) is 2. The molecule has 0 spiro atoms. The molecule has 1 amide bonds. The summed E-state index contributed by atoms with van der Waals surface area (Å²) in [6, 6.07) is 13.8. The lowest BCUT2D eigenvalue weighted by Crippen LogP contribution is -2.11. The number of aliphatic imine (C=N–C) groups is 1. The van der Waals surface area contributed by atoms with Crippen molar-refractivity contribution in [3.05, 3.63) is 94.6 Å². The quantitative estimate of drug-likeness (QED) is 0.583. The summed E-state index contributed by atoms with van der Waals surface area (Å²) in [5.74, 6) is -0.103. The Hall–Kier alpha value is -3.17. The van der Waals surface area contributed by atoms with Crippen LogP contribution in [0.15, 0.2) is 77.8 Å². The smallest absolute Gasteiger partial charge is 0.221 e. The molecule has 0 atom stereocenters. The number of carbonyl (C=O) groups is 1. The average molecular weight is 417 g/mol. The summed E-state index contributed by atoms with van der Waals surface area (Å²) in [5, 5.41) is 3.52. The highest BCUT2D eigenvalue weighted by molar-refractivity contribution is 6.37. The van der Waals surface area contributed by atoms with E-state index in [9.17, 15) is 4.79 Å². The van der Waals surface area contributed by atoms with E-state index in [1.54, 1.807) is 7.05 Å². The molecule has 1 N–H and O–H groups in total. The van der Waals surface area contributed by atoms with Crippen molar-refractivity contribution in [1.29, 1.82) is 0 Å². The Labute approximate surface area is 183 Å². The molecule has 3 rings (SSSR count). The number of amides is 1. The van der Waals surface area contributed by atoms with Gasteiger partial charge in [0.2, 0.25) is 5.91 Å². The van der Waals surface area contributed by atoms with Crippen molar-refractivity contribution < 1.29 is 4.79 Å². The number of hydrogen-bond donors (Lipinski definition) is 1. The van der Waals surface area contributed by atoms with Crippen LogP contribution in [0, 0.1) is 0 Å². The molecular formula is C26H25ClN2O. The predicted octanol–water partition coefficient (Wildman–Crippen LogP) is 6.83. The number of nitrogens with zero attached hydrogens (tertiary/aromatic N) is 1. The first-order valence-corrected chi connectivity index (χ1v) is 10.1. The van der Waals surface area contributed by atoms with Gasteiger partial charge in [0.15, 0.2) is 0 Å². The van der Waals surface area contributed by atoms with Crippen LogP contribution in [0.3, 0.4) is 0 Å². The minimum Gasteiger partial charge on any atom is -0.326 e. The highest BCUT2D eigenvalue weighted by Crippen LogP contribution is 2.36. The van der Waals surface area contributed by atoms with E-state index < -0.39 is 0 Å². The third-order valence-corrected chi connectivity index (χ3v) is 5.25. The first kappa shape index (κ1) is 21.5. The maximum atomic E-state index is 11.5. The van der Waals surface area contributed by atoms with Gasteiger partial charge in [0, 0.05) is 35.8 Å². The van der Waals surface area contributed by atoms with Gasteiger partial charge in [-0.15, -0.1) is 0 Å². The number of allylic oxidation sites excluding steroid dienone is 7. The number of carbonyl (C=O) groups excluding carboxylic acids is 1. The molecule has 0 heterocycles. The minimum absolute atomic E-state index is 0.103. The zero-order valence-electron chi connectivity index (χ0n) is 17.7. The van der Waals surface area contributed by atoms with Crippen LogP contribution in [0.25, 0.3) is 16.7 Å². The second-order valence-corrected chi connectivity index (χ2v) is 7.62. The minimum atomic E-state index is -0.103. The van der Waals surface area contributed by atoms with Gasteiger partial charge in [-0.05, 0) is 66.5 Å². The first-order valence-electron chi connectivity index (χ1n) is 9.75. The van der Waals surface area contributed by atoms with E-state index >= 15 is 0 Å². The zero-order valence-corrected chi connectivity index (χ0v) is 18.5. The molecule has 30 heavy (non-hydrogen) atoms. The fourth-order valence-corrected chi connectivity index (χ4v) is 3.77. The first-order chi connectivity index (χ1) is 14.3. The van der Waals surface area contributed by atoms with Crippen molar-refractivity contribution in [3.8, 4) is 0 Å². The van der Waals surface area contributed by atoms with Crippen LogP contribution < -0.4 is 5.32 Å². The molecular weight excluding hydrogens is 392 g/mol. The summed E-state index contributed by atoms with van der Waals surface area (Å²) in [6.07, 6.45) is 6.25. The fourth-order valence-electron chi connectivity index (χ4n) is 3.48. The van der Waals surface area contributed by atoms with Crippen LogP contribution in [0.4, 0.5) is 5.69 Å². The Bertz CT molecular complexity index is 1150. The largest absolute Gasteiger partial charge is 0.326 e. The summed E-state index contributed by atoms with van der Waals surface area (Å²) in [7, 11) is 1.79. The molecule has 1 aliphatic rings. The van der Waals surface area contributed by atoms with Crippen molar-refractivity contribution in [2.45, 2.75) is 20.8 Å². The summed E-state index contributed by atoms with van der Waals surface area (Å²) < 4.78 is 0. The van der Waals surface area contributed by atoms with Gasteiger partial charge in [0.05, 0.1) is 5.71 Å². The molecule has 0 bridgehead atoms. The third-order valence-electron chi connectivity index (χ3n) is 4.94. The Morgan fingerprint density at radius 1 is 1.13 bits per heavy atom. The van der Waals surface area contributed by atoms with Gasteiger partial charge in [-0.1, -0.05) is 54.1 Å². The zero-order chi connectivity index (χ0) is 21.8. The SMILES string of the molecule is C=C(C)c1ccc(C2=CC(=C/C)/C(=N\C)C(c3cccc(NC(C)=O)c3)=C2)c(Cl)c1. The van der Waals surface area contributed by atoms with Gasteiger partial charge in [-0.2, -0.15) is 0 Å². The lowest BCUT2D eigenvalue weighted by Gasteiger charge is -2.21. The predicted molar refractivity (Wildman–Crippen MR) is 130 cm³/mol. The number of benzene rings is 2. The van der Waals surface area contributed by atoms with Crippen LogP contribution >= 0.6 is 11.6 Å². The second kappa shape index (κ2) is 9.10. The molecule has 0 aliphatic heterocycles. The molecule has 0 saturated heterocycles. The van der Waals surface area contributed by atoms with Gasteiger partial charge >= 0.3 is 0 Å². The van der Waals surface area contributed by atoms with Gasteiger partial charge in [-0.3, -0.25) is 9.79 Å². The molecule has 0 radical (unpaired) electrons. The lowest BCUT2D eigenvalue weighted by molar-refractivity contribution is -0.114. The topological polar surface area (TPSA) is 41.5 Å². The lowest BCUT2D eigenvalue weighted by atomic mass is 9.85. The summed E-state index contributed by atoms with van der Waals surface area (Å²) in [4.78, 5) is 16.0. The van der Waals surface area contributed by atoms with E-state index in [2.05, 4.69) is 29.0 Å². The molecule has 0 unspecified atom stereocenters. The molecule has 2 aromatic carbocycles. The normalized spacial score (nSPS) is 16.3. The Morgan fingerprint density at radius 2 is 1.90 bits per heavy atom. The number of nitrogens with one attached hydrogen (secondary N) is 1. The van der Waals surface area contributed by atoms with Crippen molar-refractivity contribution in [2.24, 2.45) is 4.99 Å². The van der Waals surface area contributed by atoms with Crippen molar-refractivity contribution in [3.63, 3.8) is 0 Å². The van der Waals surface area contributed by atoms with Crippen LogP contribution in [0.5, 0.6) is 0 Å². The second-order valence-electron chi connectivity index (χ2n) is 7.21. The van der Waals surface area contributed by atoms with Gasteiger partial charge < -0.3 is 5.32 Å². The fraction of sp³-hybridized carbons (Fsp3) is 0.154. The van der Waals surface area contributed by atoms with Crippen LogP contribution in [-0.2, 0) is 4.79 Å². The van der Waals surface area contributed by atoms with E-state index in [4.69, 9.17) is 11.6 Å². The number of rotatable bonds is 4. The molecule has 0 fully saturated rings. The average Bonchev–Trinajstić information content (AvgIpc) is 2.72. The maximum absolute atomic E-state index is 11.5. The molecule has 3 nitrogen and oxygen atoms in total. The van der Waals surface area contributed by atoms with Gasteiger partial charge in [-0.25, -0.2) is 0 Å². The van der Waals surface area contributed by atoms with Crippen LogP contribution in [0.1, 0.15) is 37.5 Å². The third kappa shape index (κ3) is 4.52. The summed E-state index contributed by atoms with van der Waals surface area (Å²) >= 11 is 6.64. The van der Waals surface area contributed by atoms with E-state index in [1.807, 2.05) is 62.4 Å². The molecule has 0 aromatic heterocycles. The summed E-state index contributed by atoms with van der Waals surface area (Å²) in [5.41, 5.74) is 8.58. The highest BCUT2D eigenvalue weighted by atomic mass is 35.5. The monoisotopic (exact) mass is 416 g/mol. The molecule has 2 aromatic rings. The summed E-state index contributed by atoms with van der Waals surface area (Å²) in [6.45, 7) is 9.46. The Balaban J connectivity index is 2.15. The van der Waals surface area contributed by atoms with Crippen molar-refractivity contribution >= 4 is 45.6 Å². The van der Waals surface area contributed by atoms with Crippen LogP contribution in [0.2, 0.25) is 5.02 Å². The van der Waals surface area contributed by atoms with Crippen LogP contribution in [-0.4, -0.2) is 18.7 Å². The maximum Gasteiger partial charge on any atom is 0.221 e. The molecule has 152 valence electrons. The molecule has 4 heteroatoms.